The molecule has 1 aliphatic rings. The molecule has 0 radical (unpaired) electrons. The fraction of sp³-hybridized carbons (Fsp3) is 0.857. The maximum absolute atomic E-state index is 3.67. The van der Waals surface area contributed by atoms with Crippen molar-refractivity contribution >= 4 is 6.72 Å². The van der Waals surface area contributed by atoms with Gasteiger partial charge in [-0.25, -0.2) is 0 Å². The lowest BCUT2D eigenvalue weighted by atomic mass is 10.1. The summed E-state index contributed by atoms with van der Waals surface area (Å²) in [6.07, 6.45) is 2.38. The van der Waals surface area contributed by atoms with Crippen molar-refractivity contribution in [1.29, 1.82) is 0 Å². The minimum Gasteiger partial charge on any atom is -0.308 e. The second-order valence-corrected chi connectivity index (χ2v) is 2.86. The standard InChI is InChI=1S/C7H15N3/c1-8-9-7-3-5-10(2)6-4-7/h7,9H,1,3-6H2,2H3. The molecule has 0 unspecified atom stereocenters. The largest absolute Gasteiger partial charge is 0.308 e. The van der Waals surface area contributed by atoms with Crippen LogP contribution < -0.4 is 5.43 Å². The fourth-order valence-corrected chi connectivity index (χ4v) is 1.27. The molecule has 1 fully saturated rings. The lowest BCUT2D eigenvalue weighted by Crippen LogP contribution is -2.38. The van der Waals surface area contributed by atoms with Gasteiger partial charge in [0, 0.05) is 12.8 Å². The summed E-state index contributed by atoms with van der Waals surface area (Å²) in [7, 11) is 2.15. The van der Waals surface area contributed by atoms with Gasteiger partial charge in [-0.1, -0.05) is 0 Å². The van der Waals surface area contributed by atoms with Crippen molar-refractivity contribution in [3.63, 3.8) is 0 Å². The van der Waals surface area contributed by atoms with Crippen LogP contribution in [-0.4, -0.2) is 37.8 Å². The van der Waals surface area contributed by atoms with E-state index < -0.39 is 0 Å². The van der Waals surface area contributed by atoms with Gasteiger partial charge in [-0.05, 0) is 33.0 Å². The quantitative estimate of drug-likeness (QED) is 0.442. The molecule has 0 spiro atoms. The van der Waals surface area contributed by atoms with Gasteiger partial charge in [0.1, 0.15) is 0 Å². The molecule has 58 valence electrons. The summed E-state index contributed by atoms with van der Waals surface area (Å²) in [5.74, 6) is 0. The molecule has 1 saturated heterocycles. The van der Waals surface area contributed by atoms with Gasteiger partial charge in [0.15, 0.2) is 0 Å². The zero-order valence-corrected chi connectivity index (χ0v) is 6.51. The Kier molecular flexibility index (Phi) is 2.68. The van der Waals surface area contributed by atoms with Crippen LogP contribution in [0.25, 0.3) is 0 Å². The molecule has 0 saturated carbocycles. The van der Waals surface area contributed by atoms with Gasteiger partial charge in [0.25, 0.3) is 0 Å². The highest BCUT2D eigenvalue weighted by Crippen LogP contribution is 2.07. The second kappa shape index (κ2) is 3.56. The first-order valence-electron chi connectivity index (χ1n) is 3.72. The summed E-state index contributed by atoms with van der Waals surface area (Å²) in [6, 6.07) is 0.564. The molecule has 0 aromatic carbocycles. The third kappa shape index (κ3) is 1.99. The molecule has 1 rings (SSSR count). The third-order valence-electron chi connectivity index (χ3n) is 1.99. The summed E-state index contributed by atoms with van der Waals surface area (Å²) in [6.45, 7) is 5.75. The minimum absolute atomic E-state index is 0.564. The van der Waals surface area contributed by atoms with Crippen LogP contribution in [0.1, 0.15) is 12.8 Å². The van der Waals surface area contributed by atoms with Crippen LogP contribution in [0.15, 0.2) is 5.10 Å². The van der Waals surface area contributed by atoms with Crippen LogP contribution in [0.4, 0.5) is 0 Å². The van der Waals surface area contributed by atoms with Crippen molar-refractivity contribution in [3.8, 4) is 0 Å². The zero-order valence-electron chi connectivity index (χ0n) is 6.51. The molecule has 0 aromatic rings. The Morgan fingerprint density at radius 2 is 2.10 bits per heavy atom. The fourth-order valence-electron chi connectivity index (χ4n) is 1.27. The van der Waals surface area contributed by atoms with Crippen LogP contribution in [0.3, 0.4) is 0 Å². The van der Waals surface area contributed by atoms with E-state index in [1.807, 2.05) is 0 Å². The van der Waals surface area contributed by atoms with Crippen LogP contribution in [0.5, 0.6) is 0 Å². The van der Waals surface area contributed by atoms with E-state index in [1.165, 1.54) is 25.9 Å². The smallest absolute Gasteiger partial charge is 0.0464 e. The first kappa shape index (κ1) is 7.54. The van der Waals surface area contributed by atoms with E-state index in [0.717, 1.165) is 0 Å². The normalized spacial score (nSPS) is 22.5. The number of likely N-dealkylation sites (tertiary alicyclic amines) is 1. The highest BCUT2D eigenvalue weighted by atomic mass is 15.3. The topological polar surface area (TPSA) is 27.6 Å². The molecule has 0 atom stereocenters. The predicted octanol–water partition coefficient (Wildman–Crippen LogP) is 0.286. The average molecular weight is 141 g/mol. The molecule has 1 N–H and O–H groups in total. The van der Waals surface area contributed by atoms with Crippen molar-refractivity contribution in [2.24, 2.45) is 5.10 Å². The number of hydrogen-bond acceptors (Lipinski definition) is 3. The molecule has 0 aliphatic carbocycles. The number of rotatable bonds is 2. The van der Waals surface area contributed by atoms with Crippen LogP contribution in [-0.2, 0) is 0 Å². The molecule has 0 bridgehead atoms. The highest BCUT2D eigenvalue weighted by molar-refractivity contribution is 5.22. The van der Waals surface area contributed by atoms with E-state index in [-0.39, 0.29) is 0 Å². The van der Waals surface area contributed by atoms with Gasteiger partial charge in [-0.3, -0.25) is 0 Å². The molecule has 0 aromatic heterocycles. The monoisotopic (exact) mass is 141 g/mol. The van der Waals surface area contributed by atoms with Crippen LogP contribution >= 0.6 is 0 Å². The first-order valence-corrected chi connectivity index (χ1v) is 3.72. The maximum Gasteiger partial charge on any atom is 0.0464 e. The van der Waals surface area contributed by atoms with Crippen molar-refractivity contribution in [1.82, 2.24) is 10.3 Å². The minimum atomic E-state index is 0.564. The lowest BCUT2D eigenvalue weighted by molar-refractivity contribution is 0.236. The van der Waals surface area contributed by atoms with E-state index >= 15 is 0 Å². The van der Waals surface area contributed by atoms with Gasteiger partial charge in [-0.2, -0.15) is 5.10 Å². The van der Waals surface area contributed by atoms with Gasteiger partial charge >= 0.3 is 0 Å². The second-order valence-electron chi connectivity index (χ2n) is 2.86. The number of nitrogens with one attached hydrogen (secondary N) is 1. The Labute approximate surface area is 62.1 Å². The van der Waals surface area contributed by atoms with Crippen LogP contribution in [0, 0.1) is 0 Å². The van der Waals surface area contributed by atoms with Crippen molar-refractivity contribution in [3.05, 3.63) is 0 Å². The maximum atomic E-state index is 3.67. The van der Waals surface area contributed by atoms with Crippen molar-refractivity contribution in [2.45, 2.75) is 18.9 Å². The molecular weight excluding hydrogens is 126 g/mol. The summed E-state index contributed by atoms with van der Waals surface area (Å²) in [4.78, 5) is 2.33. The molecule has 3 nitrogen and oxygen atoms in total. The summed E-state index contributed by atoms with van der Waals surface area (Å²) < 4.78 is 0. The lowest BCUT2D eigenvalue weighted by Gasteiger charge is -2.28. The number of piperidine rings is 1. The SMILES string of the molecule is C=NNC1CCN(C)CC1. The first-order chi connectivity index (χ1) is 4.83. The number of hydrogen-bond donors (Lipinski definition) is 1. The van der Waals surface area contributed by atoms with Crippen molar-refractivity contribution in [2.75, 3.05) is 20.1 Å². The Morgan fingerprint density at radius 1 is 1.50 bits per heavy atom. The summed E-state index contributed by atoms with van der Waals surface area (Å²) in [5, 5.41) is 3.67. The highest BCUT2D eigenvalue weighted by Gasteiger charge is 2.14. The van der Waals surface area contributed by atoms with Gasteiger partial charge < -0.3 is 10.3 Å². The molecule has 0 amide bonds. The average Bonchev–Trinajstić information content (AvgIpc) is 1.95. The van der Waals surface area contributed by atoms with E-state index in [1.54, 1.807) is 0 Å². The molecular formula is C7H15N3. The van der Waals surface area contributed by atoms with E-state index in [0.29, 0.717) is 6.04 Å². The van der Waals surface area contributed by atoms with E-state index in [4.69, 9.17) is 0 Å². The predicted molar refractivity (Wildman–Crippen MR) is 43.2 cm³/mol. The summed E-state index contributed by atoms with van der Waals surface area (Å²) >= 11 is 0. The van der Waals surface area contributed by atoms with Crippen molar-refractivity contribution < 1.29 is 0 Å². The number of hydrazone groups is 1. The van der Waals surface area contributed by atoms with E-state index in [9.17, 15) is 0 Å². The Morgan fingerprint density at radius 3 is 2.60 bits per heavy atom. The molecule has 10 heavy (non-hydrogen) atoms. The summed E-state index contributed by atoms with van der Waals surface area (Å²) in [5.41, 5.74) is 2.99. The van der Waals surface area contributed by atoms with Gasteiger partial charge in [0.05, 0.1) is 0 Å². The van der Waals surface area contributed by atoms with Gasteiger partial charge in [0.2, 0.25) is 0 Å². The Hall–Kier alpha value is -0.570. The van der Waals surface area contributed by atoms with Crippen LogP contribution in [0.2, 0.25) is 0 Å². The zero-order chi connectivity index (χ0) is 7.40. The molecule has 1 aliphatic heterocycles. The molecule has 1 heterocycles. The Balaban J connectivity index is 2.19. The van der Waals surface area contributed by atoms with E-state index in [2.05, 4.69) is 29.2 Å². The number of nitrogens with zero attached hydrogens (tertiary/aromatic N) is 2. The Bertz CT molecular complexity index is 105. The third-order valence-corrected chi connectivity index (χ3v) is 1.99. The van der Waals surface area contributed by atoms with Gasteiger partial charge in [-0.15, -0.1) is 0 Å². The molecule has 3 heteroatoms.